The highest BCUT2D eigenvalue weighted by atomic mass is 35.5. The number of nitrogens with zero attached hydrogens (tertiary/aromatic N) is 2. The minimum atomic E-state index is -0.206. The average Bonchev–Trinajstić information content (AvgIpc) is 2.39. The summed E-state index contributed by atoms with van der Waals surface area (Å²) in [5.41, 5.74) is 0.642. The van der Waals surface area contributed by atoms with Gasteiger partial charge in [0.05, 0.1) is 0 Å². The third-order valence-corrected chi connectivity index (χ3v) is 2.61. The second kappa shape index (κ2) is 6.25. The molecule has 1 heterocycles. The second-order valence-electron chi connectivity index (χ2n) is 4.25. The van der Waals surface area contributed by atoms with E-state index in [0.29, 0.717) is 22.5 Å². The Morgan fingerprint density at radius 1 is 1.25 bits per heavy atom. The molecule has 6 heteroatoms. The molecule has 0 bridgehead atoms. The Hall–Kier alpha value is -2.27. The summed E-state index contributed by atoms with van der Waals surface area (Å²) in [7, 11) is 3.34. The van der Waals surface area contributed by atoms with Crippen molar-refractivity contribution in [2.45, 2.75) is 0 Å². The number of benzene rings is 1. The normalized spacial score (nSPS) is 9.95. The first kappa shape index (κ1) is 14.1. The lowest BCUT2D eigenvalue weighted by molar-refractivity contribution is 0.230. The fraction of sp³-hybridized carbons (Fsp3) is 0.143. The van der Waals surface area contributed by atoms with Gasteiger partial charge in [-0.15, -0.1) is 0 Å². The van der Waals surface area contributed by atoms with Gasteiger partial charge in [0.1, 0.15) is 10.9 Å². The van der Waals surface area contributed by atoms with Crippen LogP contribution in [-0.2, 0) is 0 Å². The maximum Gasteiger partial charge on any atom is 0.321 e. The molecule has 0 radical (unpaired) electrons. The van der Waals surface area contributed by atoms with E-state index < -0.39 is 0 Å². The van der Waals surface area contributed by atoms with Crippen LogP contribution in [0.4, 0.5) is 10.5 Å². The monoisotopic (exact) mass is 291 g/mol. The average molecular weight is 292 g/mol. The third-order valence-electron chi connectivity index (χ3n) is 2.40. The standard InChI is InChI=1S/C14H14ClN3O2/c1-18(2)14(19)16-10-5-3-6-11(9-10)20-13-8-4-7-12(15)17-13/h3-9H,1-2H3,(H,16,19). The molecule has 0 fully saturated rings. The van der Waals surface area contributed by atoms with E-state index in [1.165, 1.54) is 4.90 Å². The molecule has 0 aliphatic heterocycles. The van der Waals surface area contributed by atoms with Gasteiger partial charge in [-0.1, -0.05) is 23.7 Å². The van der Waals surface area contributed by atoms with Crippen LogP contribution < -0.4 is 10.1 Å². The van der Waals surface area contributed by atoms with Gasteiger partial charge in [-0.25, -0.2) is 9.78 Å². The molecule has 0 spiro atoms. The number of halogens is 1. The molecule has 104 valence electrons. The summed E-state index contributed by atoms with van der Waals surface area (Å²) in [6.45, 7) is 0. The molecular weight excluding hydrogens is 278 g/mol. The Morgan fingerprint density at radius 3 is 2.70 bits per heavy atom. The van der Waals surface area contributed by atoms with Crippen molar-refractivity contribution in [2.75, 3.05) is 19.4 Å². The number of carbonyl (C=O) groups is 1. The number of urea groups is 1. The van der Waals surface area contributed by atoms with Crippen LogP contribution in [0.15, 0.2) is 42.5 Å². The van der Waals surface area contributed by atoms with Crippen molar-refractivity contribution in [3.8, 4) is 11.6 Å². The van der Waals surface area contributed by atoms with Crippen LogP contribution in [0.25, 0.3) is 0 Å². The highest BCUT2D eigenvalue weighted by Gasteiger charge is 2.05. The van der Waals surface area contributed by atoms with Crippen LogP contribution in [0, 0.1) is 0 Å². The topological polar surface area (TPSA) is 54.5 Å². The lowest BCUT2D eigenvalue weighted by Gasteiger charge is -2.12. The van der Waals surface area contributed by atoms with E-state index in [4.69, 9.17) is 16.3 Å². The van der Waals surface area contributed by atoms with Gasteiger partial charge in [0, 0.05) is 31.9 Å². The summed E-state index contributed by atoms with van der Waals surface area (Å²) in [4.78, 5) is 17.1. The molecule has 1 aromatic carbocycles. The van der Waals surface area contributed by atoms with Crippen molar-refractivity contribution in [1.29, 1.82) is 0 Å². The minimum absolute atomic E-state index is 0.206. The maximum absolute atomic E-state index is 11.6. The van der Waals surface area contributed by atoms with E-state index in [1.54, 1.807) is 56.6 Å². The molecule has 0 aliphatic rings. The first-order valence-electron chi connectivity index (χ1n) is 5.93. The number of ether oxygens (including phenoxy) is 1. The molecule has 0 atom stereocenters. The van der Waals surface area contributed by atoms with Gasteiger partial charge in [0.2, 0.25) is 5.88 Å². The number of rotatable bonds is 3. The molecule has 20 heavy (non-hydrogen) atoms. The predicted octanol–water partition coefficient (Wildman–Crippen LogP) is 3.62. The van der Waals surface area contributed by atoms with Crippen LogP contribution >= 0.6 is 11.6 Å². The van der Waals surface area contributed by atoms with Gasteiger partial charge in [-0.05, 0) is 18.2 Å². The summed E-state index contributed by atoms with van der Waals surface area (Å²) < 4.78 is 5.58. The lowest BCUT2D eigenvalue weighted by atomic mass is 10.3. The first-order chi connectivity index (χ1) is 9.54. The maximum atomic E-state index is 11.6. The van der Waals surface area contributed by atoms with E-state index in [0.717, 1.165) is 0 Å². The van der Waals surface area contributed by atoms with Crippen molar-refractivity contribution < 1.29 is 9.53 Å². The summed E-state index contributed by atoms with van der Waals surface area (Å²) >= 11 is 5.79. The SMILES string of the molecule is CN(C)C(=O)Nc1cccc(Oc2cccc(Cl)n2)c1. The Labute approximate surface area is 122 Å². The van der Waals surface area contributed by atoms with Gasteiger partial charge < -0.3 is 15.0 Å². The van der Waals surface area contributed by atoms with E-state index in [-0.39, 0.29) is 6.03 Å². The zero-order valence-corrected chi connectivity index (χ0v) is 11.9. The largest absolute Gasteiger partial charge is 0.439 e. The highest BCUT2D eigenvalue weighted by Crippen LogP contribution is 2.23. The second-order valence-corrected chi connectivity index (χ2v) is 4.64. The van der Waals surface area contributed by atoms with Crippen molar-refractivity contribution in [1.82, 2.24) is 9.88 Å². The van der Waals surface area contributed by atoms with Crippen molar-refractivity contribution >= 4 is 23.3 Å². The number of carbonyl (C=O) groups excluding carboxylic acids is 1. The number of pyridine rings is 1. The summed E-state index contributed by atoms with van der Waals surface area (Å²) in [5.74, 6) is 0.963. The molecule has 0 saturated heterocycles. The van der Waals surface area contributed by atoms with E-state index in [2.05, 4.69) is 10.3 Å². The molecule has 0 saturated carbocycles. The Kier molecular flexibility index (Phi) is 4.42. The zero-order chi connectivity index (χ0) is 14.5. The number of amides is 2. The Bertz CT molecular complexity index is 617. The fourth-order valence-electron chi connectivity index (χ4n) is 1.44. The lowest BCUT2D eigenvalue weighted by Crippen LogP contribution is -2.27. The molecule has 1 aromatic heterocycles. The van der Waals surface area contributed by atoms with E-state index in [1.807, 2.05) is 0 Å². The summed E-state index contributed by atoms with van der Waals surface area (Å²) in [5, 5.41) is 3.10. The molecule has 2 rings (SSSR count). The van der Waals surface area contributed by atoms with Crippen LogP contribution in [0.1, 0.15) is 0 Å². The minimum Gasteiger partial charge on any atom is -0.439 e. The van der Waals surface area contributed by atoms with Crippen LogP contribution in [-0.4, -0.2) is 30.0 Å². The first-order valence-corrected chi connectivity index (χ1v) is 6.31. The molecule has 5 nitrogen and oxygen atoms in total. The third kappa shape index (κ3) is 3.86. The smallest absolute Gasteiger partial charge is 0.321 e. The summed E-state index contributed by atoms with van der Waals surface area (Å²) in [6, 6.07) is 12.0. The number of nitrogens with one attached hydrogen (secondary N) is 1. The van der Waals surface area contributed by atoms with E-state index in [9.17, 15) is 4.79 Å². The van der Waals surface area contributed by atoms with Gasteiger partial charge in [0.15, 0.2) is 0 Å². The van der Waals surface area contributed by atoms with Crippen LogP contribution in [0.2, 0.25) is 5.15 Å². The van der Waals surface area contributed by atoms with Crippen LogP contribution in [0.5, 0.6) is 11.6 Å². The quantitative estimate of drug-likeness (QED) is 0.879. The molecule has 0 aliphatic carbocycles. The van der Waals surface area contributed by atoms with Crippen molar-refractivity contribution in [2.24, 2.45) is 0 Å². The molecule has 2 amide bonds. The number of aromatic nitrogens is 1. The Morgan fingerprint density at radius 2 is 2.00 bits per heavy atom. The van der Waals surface area contributed by atoms with Gasteiger partial charge >= 0.3 is 6.03 Å². The molecule has 2 aromatic rings. The van der Waals surface area contributed by atoms with E-state index >= 15 is 0 Å². The molecule has 0 unspecified atom stereocenters. The predicted molar refractivity (Wildman–Crippen MR) is 78.5 cm³/mol. The van der Waals surface area contributed by atoms with Crippen molar-refractivity contribution in [3.63, 3.8) is 0 Å². The van der Waals surface area contributed by atoms with Gasteiger partial charge in [-0.3, -0.25) is 0 Å². The number of hydrogen-bond donors (Lipinski definition) is 1. The molecule has 1 N–H and O–H groups in total. The number of anilines is 1. The number of hydrogen-bond acceptors (Lipinski definition) is 3. The van der Waals surface area contributed by atoms with Crippen LogP contribution in [0.3, 0.4) is 0 Å². The van der Waals surface area contributed by atoms with Crippen molar-refractivity contribution in [3.05, 3.63) is 47.6 Å². The zero-order valence-electron chi connectivity index (χ0n) is 11.1. The summed E-state index contributed by atoms with van der Waals surface area (Å²) in [6.07, 6.45) is 0. The highest BCUT2D eigenvalue weighted by molar-refractivity contribution is 6.29. The van der Waals surface area contributed by atoms with Gasteiger partial charge in [-0.2, -0.15) is 0 Å². The Balaban J connectivity index is 2.12. The fourth-order valence-corrected chi connectivity index (χ4v) is 1.60. The van der Waals surface area contributed by atoms with Gasteiger partial charge in [0.25, 0.3) is 0 Å². The molecular formula is C14H14ClN3O2.